The summed E-state index contributed by atoms with van der Waals surface area (Å²) < 4.78 is 1.17. The van der Waals surface area contributed by atoms with Gasteiger partial charge in [0.05, 0.1) is 16.1 Å². The van der Waals surface area contributed by atoms with Gasteiger partial charge in [-0.1, -0.05) is 34.8 Å². The molecule has 9 heteroatoms. The third-order valence-corrected chi connectivity index (χ3v) is 6.89. The van der Waals surface area contributed by atoms with Gasteiger partial charge in [0, 0.05) is 31.0 Å². The van der Waals surface area contributed by atoms with Gasteiger partial charge in [0.25, 0.3) is 0 Å². The average molecular weight is 423 g/mol. The SMILES string of the molecule is O=C(Nc1nnc(-c2cccnc2)s1)[C@H]1CCCN(c2nc3ccccc3s2)C1. The van der Waals surface area contributed by atoms with Gasteiger partial charge in [0.15, 0.2) is 10.1 Å². The molecule has 7 nitrogen and oxygen atoms in total. The van der Waals surface area contributed by atoms with Crippen molar-refractivity contribution in [2.24, 2.45) is 5.92 Å². The lowest BCUT2D eigenvalue weighted by molar-refractivity contribution is -0.120. The lowest BCUT2D eigenvalue weighted by Crippen LogP contribution is -2.40. The van der Waals surface area contributed by atoms with E-state index in [1.54, 1.807) is 23.7 Å². The zero-order valence-electron chi connectivity index (χ0n) is 15.5. The number of amides is 1. The van der Waals surface area contributed by atoms with E-state index in [2.05, 4.69) is 31.5 Å². The fraction of sp³-hybridized carbons (Fsp3) is 0.250. The number of piperidine rings is 1. The third kappa shape index (κ3) is 3.83. The van der Waals surface area contributed by atoms with Gasteiger partial charge in [-0.3, -0.25) is 9.78 Å². The summed E-state index contributed by atoms with van der Waals surface area (Å²) in [6, 6.07) is 11.9. The van der Waals surface area contributed by atoms with Gasteiger partial charge in [0.1, 0.15) is 0 Å². The number of para-hydroxylation sites is 1. The molecule has 3 aromatic heterocycles. The van der Waals surface area contributed by atoms with Crippen LogP contribution in [0.1, 0.15) is 12.8 Å². The van der Waals surface area contributed by atoms with E-state index in [9.17, 15) is 4.79 Å². The van der Waals surface area contributed by atoms with Crippen molar-refractivity contribution in [2.75, 3.05) is 23.3 Å². The number of hydrogen-bond acceptors (Lipinski definition) is 8. The lowest BCUT2D eigenvalue weighted by Gasteiger charge is -2.31. The quantitative estimate of drug-likeness (QED) is 0.534. The monoisotopic (exact) mass is 422 g/mol. The second-order valence-corrected chi connectivity index (χ2v) is 8.88. The van der Waals surface area contributed by atoms with Gasteiger partial charge >= 0.3 is 0 Å². The van der Waals surface area contributed by atoms with Crippen molar-refractivity contribution in [3.8, 4) is 10.6 Å². The van der Waals surface area contributed by atoms with E-state index in [1.165, 1.54) is 16.0 Å². The summed E-state index contributed by atoms with van der Waals surface area (Å²) in [7, 11) is 0. The number of nitrogens with zero attached hydrogens (tertiary/aromatic N) is 5. The van der Waals surface area contributed by atoms with Crippen LogP contribution >= 0.6 is 22.7 Å². The van der Waals surface area contributed by atoms with E-state index in [0.717, 1.165) is 40.6 Å². The minimum Gasteiger partial charge on any atom is -0.347 e. The van der Waals surface area contributed by atoms with E-state index in [1.807, 2.05) is 30.3 Å². The van der Waals surface area contributed by atoms with Crippen LogP contribution in [0, 0.1) is 5.92 Å². The topological polar surface area (TPSA) is 83.9 Å². The Morgan fingerprint density at radius 1 is 1.14 bits per heavy atom. The fourth-order valence-electron chi connectivity index (χ4n) is 3.45. The molecule has 1 saturated heterocycles. The second kappa shape index (κ2) is 7.84. The average Bonchev–Trinajstić information content (AvgIpc) is 3.41. The first-order valence-electron chi connectivity index (χ1n) is 9.41. The van der Waals surface area contributed by atoms with E-state index < -0.39 is 0 Å². The number of fused-ring (bicyclic) bond motifs is 1. The van der Waals surface area contributed by atoms with Crippen LogP contribution in [0.4, 0.5) is 10.3 Å². The van der Waals surface area contributed by atoms with Crippen LogP contribution < -0.4 is 10.2 Å². The highest BCUT2D eigenvalue weighted by molar-refractivity contribution is 7.22. The largest absolute Gasteiger partial charge is 0.347 e. The highest BCUT2D eigenvalue weighted by atomic mass is 32.1. The number of benzene rings is 1. The fourth-order valence-corrected chi connectivity index (χ4v) is 5.18. The first kappa shape index (κ1) is 18.1. The summed E-state index contributed by atoms with van der Waals surface area (Å²) in [6.45, 7) is 1.59. The number of nitrogens with one attached hydrogen (secondary N) is 1. The first-order valence-corrected chi connectivity index (χ1v) is 11.0. The molecule has 1 aliphatic rings. The van der Waals surface area contributed by atoms with Crippen molar-refractivity contribution in [1.29, 1.82) is 0 Å². The van der Waals surface area contributed by atoms with Gasteiger partial charge < -0.3 is 10.2 Å². The van der Waals surface area contributed by atoms with Crippen LogP contribution in [0.3, 0.4) is 0 Å². The summed E-state index contributed by atoms with van der Waals surface area (Å²) in [5, 5.41) is 13.5. The Labute approximate surface area is 175 Å². The number of hydrogen-bond donors (Lipinski definition) is 1. The molecule has 0 saturated carbocycles. The number of rotatable bonds is 4. The predicted molar refractivity (Wildman–Crippen MR) is 116 cm³/mol. The van der Waals surface area contributed by atoms with Crippen molar-refractivity contribution in [3.05, 3.63) is 48.8 Å². The summed E-state index contributed by atoms with van der Waals surface area (Å²) >= 11 is 3.04. The number of anilines is 2. The van der Waals surface area contributed by atoms with Gasteiger partial charge in [-0.25, -0.2) is 4.98 Å². The number of aromatic nitrogens is 4. The number of carbonyl (C=O) groups is 1. The smallest absolute Gasteiger partial charge is 0.231 e. The van der Waals surface area contributed by atoms with Crippen molar-refractivity contribution in [3.63, 3.8) is 0 Å². The van der Waals surface area contributed by atoms with Gasteiger partial charge in [-0.2, -0.15) is 0 Å². The molecule has 1 atom stereocenters. The summed E-state index contributed by atoms with van der Waals surface area (Å²) in [6.07, 6.45) is 5.28. The van der Waals surface area contributed by atoms with E-state index in [0.29, 0.717) is 11.7 Å². The molecule has 0 radical (unpaired) electrons. The number of carbonyl (C=O) groups excluding carboxylic acids is 1. The normalized spacial score (nSPS) is 16.8. The molecular formula is C20H18N6OS2. The molecule has 1 amide bonds. The second-order valence-electron chi connectivity index (χ2n) is 6.89. The van der Waals surface area contributed by atoms with Gasteiger partial charge in [-0.15, -0.1) is 10.2 Å². The van der Waals surface area contributed by atoms with E-state index in [4.69, 9.17) is 4.98 Å². The molecule has 0 unspecified atom stereocenters. The molecule has 1 aliphatic heterocycles. The minimum absolute atomic E-state index is 0.00954. The maximum absolute atomic E-state index is 12.8. The third-order valence-electron chi connectivity index (χ3n) is 4.91. The van der Waals surface area contributed by atoms with Crippen molar-refractivity contribution >= 4 is 49.1 Å². The van der Waals surface area contributed by atoms with Gasteiger partial charge in [-0.05, 0) is 37.1 Å². The first-order chi connectivity index (χ1) is 14.3. The Hall–Kier alpha value is -2.91. The number of thiazole rings is 1. The Bertz CT molecular complexity index is 1110. The molecule has 0 spiro atoms. The van der Waals surface area contributed by atoms with Crippen LogP contribution in [0.25, 0.3) is 20.8 Å². The van der Waals surface area contributed by atoms with Crippen LogP contribution in [0.5, 0.6) is 0 Å². The molecule has 5 rings (SSSR count). The molecule has 4 heterocycles. The summed E-state index contributed by atoms with van der Waals surface area (Å²) in [4.78, 5) is 23.9. The van der Waals surface area contributed by atoms with Crippen molar-refractivity contribution < 1.29 is 4.79 Å². The molecule has 1 N–H and O–H groups in total. The highest BCUT2D eigenvalue weighted by Gasteiger charge is 2.28. The lowest BCUT2D eigenvalue weighted by atomic mass is 9.98. The molecule has 0 aliphatic carbocycles. The van der Waals surface area contributed by atoms with E-state index in [-0.39, 0.29) is 11.8 Å². The molecule has 29 heavy (non-hydrogen) atoms. The molecule has 4 aromatic rings. The van der Waals surface area contributed by atoms with E-state index >= 15 is 0 Å². The molecule has 1 fully saturated rings. The Morgan fingerprint density at radius 3 is 2.93 bits per heavy atom. The maximum atomic E-state index is 12.8. The maximum Gasteiger partial charge on any atom is 0.231 e. The van der Waals surface area contributed by atoms with Crippen molar-refractivity contribution in [1.82, 2.24) is 20.2 Å². The molecular weight excluding hydrogens is 404 g/mol. The zero-order chi connectivity index (χ0) is 19.6. The Balaban J connectivity index is 1.27. The summed E-state index contributed by atoms with van der Waals surface area (Å²) in [5.41, 5.74) is 1.90. The zero-order valence-corrected chi connectivity index (χ0v) is 17.1. The minimum atomic E-state index is -0.0958. The predicted octanol–water partition coefficient (Wildman–Crippen LogP) is 4.06. The number of pyridine rings is 1. The van der Waals surface area contributed by atoms with Crippen LogP contribution in [0.2, 0.25) is 0 Å². The standard InChI is InChI=1S/C20H18N6OS2/c27-17(23-19-25-24-18(29-19)13-5-3-9-21-11-13)14-6-4-10-26(12-14)20-22-15-7-1-2-8-16(15)28-20/h1-3,5,7-9,11,14H,4,6,10,12H2,(H,23,25,27)/t14-/m0/s1. The summed E-state index contributed by atoms with van der Waals surface area (Å²) in [5.74, 6) is -0.105. The van der Waals surface area contributed by atoms with Crippen molar-refractivity contribution in [2.45, 2.75) is 12.8 Å². The highest BCUT2D eigenvalue weighted by Crippen LogP contribution is 2.32. The Kier molecular flexibility index (Phi) is 4.91. The Morgan fingerprint density at radius 2 is 2.07 bits per heavy atom. The van der Waals surface area contributed by atoms with Crippen LogP contribution in [-0.2, 0) is 4.79 Å². The molecule has 1 aromatic carbocycles. The molecule has 146 valence electrons. The van der Waals surface area contributed by atoms with Crippen LogP contribution in [-0.4, -0.2) is 39.2 Å². The van der Waals surface area contributed by atoms with Crippen LogP contribution in [0.15, 0.2) is 48.8 Å². The molecule has 0 bridgehead atoms. The van der Waals surface area contributed by atoms with Gasteiger partial charge in [0.2, 0.25) is 11.0 Å².